The van der Waals surface area contributed by atoms with Gasteiger partial charge in [0.25, 0.3) is 0 Å². The van der Waals surface area contributed by atoms with E-state index < -0.39 is 15.8 Å². The quantitative estimate of drug-likeness (QED) is 0.805. The van der Waals surface area contributed by atoms with Crippen LogP contribution in [0.25, 0.3) is 0 Å². The highest BCUT2D eigenvalue weighted by Crippen LogP contribution is 2.26. The standard InChI is InChI=1S/C13H17ClFNO2S/c1-10-4-5-12(15)7-13(10)19(17,18)16-6-2-3-11(8-14)9-16/h4-5,7,11H,2-3,6,8-9H2,1H3. The zero-order chi connectivity index (χ0) is 14.0. The third-order valence-corrected chi connectivity index (χ3v) is 5.91. The number of alkyl halides is 1. The number of piperidine rings is 1. The zero-order valence-corrected chi connectivity index (χ0v) is 12.3. The maximum atomic E-state index is 13.3. The number of hydrogen-bond acceptors (Lipinski definition) is 2. The number of sulfonamides is 1. The maximum absolute atomic E-state index is 13.3. The second kappa shape index (κ2) is 5.77. The van der Waals surface area contributed by atoms with E-state index in [1.165, 1.54) is 16.4 Å². The summed E-state index contributed by atoms with van der Waals surface area (Å²) in [4.78, 5) is 0.0581. The molecule has 1 saturated heterocycles. The Balaban J connectivity index is 2.34. The van der Waals surface area contributed by atoms with Crippen LogP contribution >= 0.6 is 11.6 Å². The second-order valence-corrected chi connectivity index (χ2v) is 7.15. The SMILES string of the molecule is Cc1ccc(F)cc1S(=O)(=O)N1CCCC(CCl)C1. The van der Waals surface area contributed by atoms with Gasteiger partial charge >= 0.3 is 0 Å². The van der Waals surface area contributed by atoms with E-state index in [-0.39, 0.29) is 10.8 Å². The molecule has 0 saturated carbocycles. The Labute approximate surface area is 118 Å². The first-order valence-electron chi connectivity index (χ1n) is 6.27. The molecule has 1 heterocycles. The molecule has 3 nitrogen and oxygen atoms in total. The van der Waals surface area contributed by atoms with Crippen LogP contribution in [0.3, 0.4) is 0 Å². The highest BCUT2D eigenvalue weighted by molar-refractivity contribution is 7.89. The molecule has 1 aliphatic rings. The Kier molecular flexibility index (Phi) is 4.48. The van der Waals surface area contributed by atoms with Crippen LogP contribution < -0.4 is 0 Å². The minimum Gasteiger partial charge on any atom is -0.207 e. The third kappa shape index (κ3) is 3.09. The molecule has 1 atom stereocenters. The Bertz CT molecular complexity index is 562. The summed E-state index contributed by atoms with van der Waals surface area (Å²) in [7, 11) is -3.62. The van der Waals surface area contributed by atoms with Crippen molar-refractivity contribution >= 4 is 21.6 Å². The first-order valence-corrected chi connectivity index (χ1v) is 8.25. The monoisotopic (exact) mass is 305 g/mol. The molecular weight excluding hydrogens is 289 g/mol. The topological polar surface area (TPSA) is 37.4 Å². The average Bonchev–Trinajstić information content (AvgIpc) is 2.41. The molecule has 0 aromatic heterocycles. The molecule has 19 heavy (non-hydrogen) atoms. The average molecular weight is 306 g/mol. The van der Waals surface area contributed by atoms with Crippen LogP contribution in [-0.4, -0.2) is 31.7 Å². The number of rotatable bonds is 3. The van der Waals surface area contributed by atoms with Gasteiger partial charge in [-0.15, -0.1) is 11.6 Å². The Morgan fingerprint density at radius 2 is 2.21 bits per heavy atom. The van der Waals surface area contributed by atoms with Crippen LogP contribution in [0.5, 0.6) is 0 Å². The molecule has 2 rings (SSSR count). The first-order chi connectivity index (χ1) is 8.95. The molecule has 0 aliphatic carbocycles. The largest absolute Gasteiger partial charge is 0.243 e. The summed E-state index contributed by atoms with van der Waals surface area (Å²) in [6, 6.07) is 3.85. The van der Waals surface area contributed by atoms with Gasteiger partial charge in [-0.05, 0) is 43.4 Å². The lowest BCUT2D eigenvalue weighted by Gasteiger charge is -2.31. The molecule has 106 valence electrons. The molecule has 0 bridgehead atoms. The maximum Gasteiger partial charge on any atom is 0.243 e. The van der Waals surface area contributed by atoms with E-state index in [1.807, 2.05) is 0 Å². The summed E-state index contributed by atoms with van der Waals surface area (Å²) in [5.41, 5.74) is 0.564. The van der Waals surface area contributed by atoms with Gasteiger partial charge < -0.3 is 0 Å². The summed E-state index contributed by atoms with van der Waals surface area (Å²) in [5, 5.41) is 0. The van der Waals surface area contributed by atoms with Gasteiger partial charge in [-0.3, -0.25) is 0 Å². The smallest absolute Gasteiger partial charge is 0.207 e. The van der Waals surface area contributed by atoms with Crippen molar-refractivity contribution in [1.29, 1.82) is 0 Å². The Hall–Kier alpha value is -0.650. The molecule has 0 amide bonds. The van der Waals surface area contributed by atoms with Gasteiger partial charge in [-0.1, -0.05) is 6.07 Å². The summed E-state index contributed by atoms with van der Waals surface area (Å²) in [6.07, 6.45) is 1.74. The number of benzene rings is 1. The lowest BCUT2D eigenvalue weighted by Crippen LogP contribution is -2.40. The highest BCUT2D eigenvalue weighted by atomic mass is 35.5. The summed E-state index contributed by atoms with van der Waals surface area (Å²) < 4.78 is 39.8. The molecular formula is C13H17ClFNO2S. The van der Waals surface area contributed by atoms with Crippen molar-refractivity contribution < 1.29 is 12.8 Å². The van der Waals surface area contributed by atoms with Crippen LogP contribution in [0.15, 0.2) is 23.1 Å². The van der Waals surface area contributed by atoms with E-state index >= 15 is 0 Å². The Morgan fingerprint density at radius 3 is 2.89 bits per heavy atom. The van der Waals surface area contributed by atoms with Crippen molar-refractivity contribution in [3.63, 3.8) is 0 Å². The van der Waals surface area contributed by atoms with Crippen molar-refractivity contribution in [1.82, 2.24) is 4.31 Å². The Morgan fingerprint density at radius 1 is 1.47 bits per heavy atom. The van der Waals surface area contributed by atoms with E-state index in [9.17, 15) is 12.8 Å². The lowest BCUT2D eigenvalue weighted by molar-refractivity contribution is 0.283. The van der Waals surface area contributed by atoms with E-state index in [1.54, 1.807) is 6.92 Å². The number of nitrogens with zero attached hydrogens (tertiary/aromatic N) is 1. The van der Waals surface area contributed by atoms with Gasteiger partial charge in [0, 0.05) is 19.0 Å². The van der Waals surface area contributed by atoms with Crippen LogP contribution in [0.2, 0.25) is 0 Å². The minimum atomic E-state index is -3.62. The van der Waals surface area contributed by atoms with Crippen LogP contribution in [0, 0.1) is 18.7 Å². The molecule has 0 N–H and O–H groups in total. The van der Waals surface area contributed by atoms with E-state index in [2.05, 4.69) is 0 Å². The molecule has 1 unspecified atom stereocenters. The van der Waals surface area contributed by atoms with Gasteiger partial charge in [-0.2, -0.15) is 4.31 Å². The summed E-state index contributed by atoms with van der Waals surface area (Å²) in [5.74, 6) is 0.0999. The van der Waals surface area contributed by atoms with E-state index in [0.29, 0.717) is 24.5 Å². The molecule has 1 aromatic carbocycles. The predicted octanol–water partition coefficient (Wildman–Crippen LogP) is 2.77. The molecule has 1 aromatic rings. The van der Waals surface area contributed by atoms with Crippen molar-refractivity contribution in [2.24, 2.45) is 5.92 Å². The summed E-state index contributed by atoms with van der Waals surface area (Å²) in [6.45, 7) is 2.57. The van der Waals surface area contributed by atoms with Gasteiger partial charge in [0.2, 0.25) is 10.0 Å². The highest BCUT2D eigenvalue weighted by Gasteiger charge is 2.31. The zero-order valence-electron chi connectivity index (χ0n) is 10.8. The molecule has 1 aliphatic heterocycles. The third-order valence-electron chi connectivity index (χ3n) is 3.47. The van der Waals surface area contributed by atoms with Crippen molar-refractivity contribution in [2.45, 2.75) is 24.7 Å². The van der Waals surface area contributed by atoms with Crippen LogP contribution in [0.4, 0.5) is 4.39 Å². The second-order valence-electron chi connectivity index (χ2n) is 4.94. The fourth-order valence-electron chi connectivity index (χ4n) is 2.36. The minimum absolute atomic E-state index is 0.0581. The van der Waals surface area contributed by atoms with Crippen molar-refractivity contribution in [3.05, 3.63) is 29.6 Å². The number of aryl methyl sites for hydroxylation is 1. The van der Waals surface area contributed by atoms with Gasteiger partial charge in [0.15, 0.2) is 0 Å². The summed E-state index contributed by atoms with van der Waals surface area (Å²) >= 11 is 5.82. The lowest BCUT2D eigenvalue weighted by atomic mass is 10.0. The van der Waals surface area contributed by atoms with Crippen molar-refractivity contribution in [2.75, 3.05) is 19.0 Å². The van der Waals surface area contributed by atoms with Gasteiger partial charge in [0.1, 0.15) is 5.82 Å². The van der Waals surface area contributed by atoms with Crippen molar-refractivity contribution in [3.8, 4) is 0 Å². The molecule has 0 spiro atoms. The molecule has 6 heteroatoms. The van der Waals surface area contributed by atoms with Gasteiger partial charge in [-0.25, -0.2) is 12.8 Å². The van der Waals surface area contributed by atoms with E-state index in [4.69, 9.17) is 11.6 Å². The fraction of sp³-hybridized carbons (Fsp3) is 0.538. The van der Waals surface area contributed by atoms with E-state index in [0.717, 1.165) is 18.9 Å². The van der Waals surface area contributed by atoms with Crippen LogP contribution in [0.1, 0.15) is 18.4 Å². The number of hydrogen-bond donors (Lipinski definition) is 0. The molecule has 1 fully saturated rings. The first kappa shape index (κ1) is 14.8. The number of halogens is 2. The van der Waals surface area contributed by atoms with Crippen LogP contribution in [-0.2, 0) is 10.0 Å². The fourth-order valence-corrected chi connectivity index (χ4v) is 4.41. The van der Waals surface area contributed by atoms with Gasteiger partial charge in [0.05, 0.1) is 4.90 Å². The molecule has 0 radical (unpaired) electrons. The normalized spacial score (nSPS) is 21.5. The predicted molar refractivity (Wildman–Crippen MR) is 73.3 cm³/mol.